The van der Waals surface area contributed by atoms with Gasteiger partial charge in [-0.1, -0.05) is 46.7 Å². The summed E-state index contributed by atoms with van der Waals surface area (Å²) in [5.41, 5.74) is 3.09. The van der Waals surface area contributed by atoms with Crippen LogP contribution in [0.15, 0.2) is 52.3 Å². The van der Waals surface area contributed by atoms with Gasteiger partial charge in [0.1, 0.15) is 6.54 Å². The van der Waals surface area contributed by atoms with Crippen LogP contribution in [0.2, 0.25) is 10.0 Å². The summed E-state index contributed by atoms with van der Waals surface area (Å²) in [6.45, 7) is 6.29. The van der Waals surface area contributed by atoms with Gasteiger partial charge in [0.15, 0.2) is 0 Å². The van der Waals surface area contributed by atoms with E-state index in [1.165, 1.54) is 41.9 Å². The molecule has 4 unspecified atom stereocenters. The third kappa shape index (κ3) is 4.59. The summed E-state index contributed by atoms with van der Waals surface area (Å²) >= 11 is 15.3. The van der Waals surface area contributed by atoms with E-state index in [1.807, 2.05) is 11.8 Å². The molecule has 1 N–H and O–H groups in total. The van der Waals surface area contributed by atoms with Crippen molar-refractivity contribution in [3.63, 3.8) is 0 Å². The molecule has 1 aromatic heterocycles. The lowest BCUT2D eigenvalue weighted by molar-refractivity contribution is -0.116. The van der Waals surface area contributed by atoms with E-state index in [0.717, 1.165) is 23.0 Å². The number of anilines is 2. The number of amides is 1. The number of aromatic nitrogens is 1. The monoisotopic (exact) mass is 587 g/mol. The molecule has 2 heterocycles. The van der Waals surface area contributed by atoms with Crippen molar-refractivity contribution in [3.8, 4) is 0 Å². The molecule has 200 valence electrons. The Morgan fingerprint density at radius 2 is 1.79 bits per heavy atom. The molecule has 2 aromatic carbocycles. The molecule has 1 amide bonds. The Kier molecular flexibility index (Phi) is 7.31. The summed E-state index contributed by atoms with van der Waals surface area (Å²) in [6.07, 6.45) is 3.85. The Labute approximate surface area is 241 Å². The molecule has 2 fully saturated rings. The predicted molar refractivity (Wildman–Crippen MR) is 159 cm³/mol. The standard InChI is InChI=1S/C29H31Cl2N3O2S2/c1-3-33(4-2)20-10-7-16(8-11-20)24-25-17-5-6-18(13-17)26(25)37-28-27(24)38-29(36)34(28)15-23(35)32-19-9-12-21(30)22(31)14-19/h7-12,14,17-18,24-26H,3-6,13,15H2,1-2H3,(H,32,35)/t17?,18?,24-,25?,26?/m1/s1. The van der Waals surface area contributed by atoms with Crippen LogP contribution < -0.4 is 15.1 Å². The van der Waals surface area contributed by atoms with Crippen molar-refractivity contribution in [2.45, 2.75) is 55.8 Å². The van der Waals surface area contributed by atoms with E-state index in [2.05, 4.69) is 48.3 Å². The Hall–Kier alpha value is -1.93. The number of thiazole rings is 1. The lowest BCUT2D eigenvalue weighted by Crippen LogP contribution is -2.35. The first kappa shape index (κ1) is 26.3. The van der Waals surface area contributed by atoms with Gasteiger partial charge in [0.25, 0.3) is 0 Å². The van der Waals surface area contributed by atoms with Crippen LogP contribution in [0, 0.1) is 17.8 Å². The fourth-order valence-corrected chi connectivity index (χ4v) is 10.3. The summed E-state index contributed by atoms with van der Waals surface area (Å²) in [7, 11) is 0. The van der Waals surface area contributed by atoms with Crippen LogP contribution in [-0.2, 0) is 11.3 Å². The fourth-order valence-electron chi connectivity index (χ4n) is 6.86. The molecule has 0 spiro atoms. The number of nitrogens with one attached hydrogen (secondary N) is 1. The van der Waals surface area contributed by atoms with Gasteiger partial charge in [-0.2, -0.15) is 0 Å². The van der Waals surface area contributed by atoms with E-state index in [9.17, 15) is 9.59 Å². The quantitative estimate of drug-likeness (QED) is 0.314. The highest BCUT2D eigenvalue weighted by Gasteiger charge is 2.55. The van der Waals surface area contributed by atoms with E-state index in [0.29, 0.717) is 38.7 Å². The van der Waals surface area contributed by atoms with E-state index >= 15 is 0 Å². The number of nitrogens with zero attached hydrogens (tertiary/aromatic N) is 2. The minimum absolute atomic E-state index is 0.0169. The average Bonchev–Trinajstić information content (AvgIpc) is 3.61. The number of benzene rings is 2. The van der Waals surface area contributed by atoms with Gasteiger partial charge >= 0.3 is 4.87 Å². The number of rotatable bonds is 7. The molecule has 6 rings (SSSR count). The van der Waals surface area contributed by atoms with Crippen LogP contribution in [0.1, 0.15) is 49.5 Å². The van der Waals surface area contributed by atoms with Crippen LogP contribution in [0.25, 0.3) is 0 Å². The van der Waals surface area contributed by atoms with Crippen molar-refractivity contribution in [1.82, 2.24) is 4.57 Å². The summed E-state index contributed by atoms with van der Waals surface area (Å²) in [4.78, 5) is 29.8. The lowest BCUT2D eigenvalue weighted by Gasteiger charge is -2.40. The zero-order valence-electron chi connectivity index (χ0n) is 21.5. The van der Waals surface area contributed by atoms with Crippen molar-refractivity contribution in [3.05, 3.63) is 72.6 Å². The number of thioether (sulfide) groups is 1. The summed E-state index contributed by atoms with van der Waals surface area (Å²) in [6, 6.07) is 14.0. The first-order valence-electron chi connectivity index (χ1n) is 13.4. The Balaban J connectivity index is 1.33. The van der Waals surface area contributed by atoms with Gasteiger partial charge in [-0.3, -0.25) is 14.2 Å². The first-order valence-corrected chi connectivity index (χ1v) is 15.8. The largest absolute Gasteiger partial charge is 0.372 e. The number of carbonyl (C=O) groups is 1. The molecule has 38 heavy (non-hydrogen) atoms. The Morgan fingerprint density at radius 1 is 1.05 bits per heavy atom. The molecule has 0 saturated heterocycles. The minimum Gasteiger partial charge on any atom is -0.372 e. The number of fused-ring (bicyclic) bond motifs is 6. The van der Waals surface area contributed by atoms with Crippen LogP contribution in [0.4, 0.5) is 11.4 Å². The molecule has 2 aliphatic carbocycles. The zero-order chi connectivity index (χ0) is 26.6. The maximum Gasteiger partial charge on any atom is 0.308 e. The Bertz CT molecular complexity index is 1420. The second-order valence-electron chi connectivity index (χ2n) is 10.5. The van der Waals surface area contributed by atoms with Crippen LogP contribution in [-0.4, -0.2) is 28.8 Å². The third-order valence-electron chi connectivity index (χ3n) is 8.58. The Morgan fingerprint density at radius 3 is 2.50 bits per heavy atom. The predicted octanol–water partition coefficient (Wildman–Crippen LogP) is 7.35. The van der Waals surface area contributed by atoms with Crippen molar-refractivity contribution in [2.75, 3.05) is 23.3 Å². The van der Waals surface area contributed by atoms with Crippen molar-refractivity contribution in [2.24, 2.45) is 17.8 Å². The van der Waals surface area contributed by atoms with E-state index < -0.39 is 0 Å². The highest BCUT2D eigenvalue weighted by atomic mass is 35.5. The molecule has 5 nitrogen and oxygen atoms in total. The molecule has 3 aromatic rings. The van der Waals surface area contributed by atoms with Crippen LogP contribution in [0.5, 0.6) is 0 Å². The van der Waals surface area contributed by atoms with E-state index in [4.69, 9.17) is 23.2 Å². The number of hydrogen-bond acceptors (Lipinski definition) is 5. The highest BCUT2D eigenvalue weighted by molar-refractivity contribution is 8.00. The highest BCUT2D eigenvalue weighted by Crippen LogP contribution is 2.64. The molecule has 2 bridgehead atoms. The number of hydrogen-bond donors (Lipinski definition) is 1. The van der Waals surface area contributed by atoms with Gasteiger partial charge in [-0.15, -0.1) is 11.8 Å². The SMILES string of the molecule is CCN(CC)c1ccc([C@H]2c3sc(=O)n(CC(=O)Nc4ccc(Cl)c(Cl)c4)c3SC3C4CCC(C4)C32)cc1. The molecule has 1 aliphatic heterocycles. The molecular weight excluding hydrogens is 557 g/mol. The summed E-state index contributed by atoms with van der Waals surface area (Å²) in [5.74, 6) is 1.90. The lowest BCUT2D eigenvalue weighted by atomic mass is 9.75. The second kappa shape index (κ2) is 10.6. The topological polar surface area (TPSA) is 54.3 Å². The smallest absolute Gasteiger partial charge is 0.308 e. The maximum atomic E-state index is 13.3. The van der Waals surface area contributed by atoms with Gasteiger partial charge in [0.05, 0.1) is 15.1 Å². The van der Waals surface area contributed by atoms with Gasteiger partial charge in [-0.05, 0) is 86.8 Å². The first-order chi connectivity index (χ1) is 18.4. The minimum atomic E-state index is -0.248. The molecule has 2 saturated carbocycles. The van der Waals surface area contributed by atoms with Gasteiger partial charge < -0.3 is 10.2 Å². The molecule has 5 atom stereocenters. The molecular formula is C29H31Cl2N3O2S2. The summed E-state index contributed by atoms with van der Waals surface area (Å²) in [5, 5.41) is 5.16. The third-order valence-corrected chi connectivity index (χ3v) is 12.1. The van der Waals surface area contributed by atoms with Crippen LogP contribution >= 0.6 is 46.3 Å². The van der Waals surface area contributed by atoms with Crippen LogP contribution in [0.3, 0.4) is 0 Å². The summed E-state index contributed by atoms with van der Waals surface area (Å²) < 4.78 is 1.69. The average molecular weight is 589 g/mol. The van der Waals surface area contributed by atoms with E-state index in [-0.39, 0.29) is 23.2 Å². The molecule has 3 aliphatic rings. The number of halogens is 2. The van der Waals surface area contributed by atoms with Crippen molar-refractivity contribution >= 4 is 63.6 Å². The molecule has 9 heteroatoms. The number of carbonyl (C=O) groups excluding carboxylic acids is 1. The fraction of sp³-hybridized carbons (Fsp3) is 0.448. The van der Waals surface area contributed by atoms with Gasteiger partial charge in [-0.25, -0.2) is 0 Å². The van der Waals surface area contributed by atoms with Crippen molar-refractivity contribution in [1.29, 1.82) is 0 Å². The van der Waals surface area contributed by atoms with Gasteiger partial charge in [0.2, 0.25) is 5.91 Å². The van der Waals surface area contributed by atoms with Gasteiger partial charge in [0, 0.05) is 40.5 Å². The second-order valence-corrected chi connectivity index (χ2v) is 13.5. The van der Waals surface area contributed by atoms with E-state index in [1.54, 1.807) is 22.8 Å². The maximum absolute atomic E-state index is 13.3. The zero-order valence-corrected chi connectivity index (χ0v) is 24.6. The normalized spacial score (nSPS) is 25.2. The molecule has 0 radical (unpaired) electrons. The van der Waals surface area contributed by atoms with Crippen molar-refractivity contribution < 1.29 is 4.79 Å².